The lowest BCUT2D eigenvalue weighted by molar-refractivity contribution is -0.119. The summed E-state index contributed by atoms with van der Waals surface area (Å²) in [7, 11) is 0. The average Bonchev–Trinajstić information content (AvgIpc) is 2.16. The normalized spacial score (nSPS) is 32.2. The van der Waals surface area contributed by atoms with Crippen molar-refractivity contribution < 1.29 is 4.79 Å². The van der Waals surface area contributed by atoms with Crippen molar-refractivity contribution in [3.05, 3.63) is 11.6 Å². The molecule has 0 aromatic rings. The lowest BCUT2D eigenvalue weighted by Gasteiger charge is -2.19. The molecule has 1 N–H and O–H groups in total. The van der Waals surface area contributed by atoms with E-state index in [-0.39, 0.29) is 10.7 Å². The quantitative estimate of drug-likeness (QED) is 0.596. The first-order valence-electron chi connectivity index (χ1n) is 2.77. The van der Waals surface area contributed by atoms with Crippen LogP contribution in [-0.2, 0) is 4.79 Å². The molecule has 0 aromatic heterocycles. The van der Waals surface area contributed by atoms with Crippen LogP contribution in [0.4, 0.5) is 0 Å². The third-order valence-electron chi connectivity index (χ3n) is 1.40. The first kappa shape index (κ1) is 6.68. The zero-order valence-corrected chi connectivity index (χ0v) is 6.29. The second kappa shape index (κ2) is 2.06. The van der Waals surface area contributed by atoms with Gasteiger partial charge in [0.1, 0.15) is 4.87 Å². The molecular weight excluding hydrogens is 134 g/mol. The molecule has 1 heterocycles. The van der Waals surface area contributed by atoms with E-state index in [0.29, 0.717) is 0 Å². The van der Waals surface area contributed by atoms with Crippen molar-refractivity contribution >= 4 is 17.5 Å². The molecule has 2 nitrogen and oxygen atoms in total. The summed E-state index contributed by atoms with van der Waals surface area (Å²) in [6, 6.07) is 0. The molecule has 3 heteroatoms. The van der Waals surface area contributed by atoms with E-state index in [1.165, 1.54) is 11.8 Å². The van der Waals surface area contributed by atoms with Crippen LogP contribution in [0.3, 0.4) is 0 Å². The molecule has 1 aliphatic rings. The van der Waals surface area contributed by atoms with Gasteiger partial charge in [-0.1, -0.05) is 11.8 Å². The smallest absolute Gasteiger partial charge is 0.165 e. The van der Waals surface area contributed by atoms with Gasteiger partial charge in [-0.15, -0.1) is 0 Å². The fraction of sp³-hybridized carbons (Fsp3) is 0.500. The highest BCUT2D eigenvalue weighted by atomic mass is 32.2. The van der Waals surface area contributed by atoms with Gasteiger partial charge < -0.3 is 5.32 Å². The van der Waals surface area contributed by atoms with Gasteiger partial charge in [-0.2, -0.15) is 0 Å². The topological polar surface area (TPSA) is 29.1 Å². The highest BCUT2D eigenvalue weighted by Crippen LogP contribution is 2.28. The number of carbonyl (C=O) groups excluding carboxylic acids is 1. The van der Waals surface area contributed by atoms with Crippen molar-refractivity contribution in [2.24, 2.45) is 0 Å². The van der Waals surface area contributed by atoms with Crippen LogP contribution in [0.5, 0.6) is 0 Å². The fourth-order valence-electron chi connectivity index (χ4n) is 0.582. The first-order valence-corrected chi connectivity index (χ1v) is 3.65. The predicted molar refractivity (Wildman–Crippen MR) is 39.0 cm³/mol. The van der Waals surface area contributed by atoms with E-state index in [9.17, 15) is 4.79 Å². The van der Waals surface area contributed by atoms with Gasteiger partial charge in [0, 0.05) is 6.20 Å². The van der Waals surface area contributed by atoms with Crippen LogP contribution in [0, 0.1) is 0 Å². The Morgan fingerprint density at radius 3 is 2.67 bits per heavy atom. The van der Waals surface area contributed by atoms with Crippen molar-refractivity contribution in [1.29, 1.82) is 0 Å². The second-order valence-corrected chi connectivity index (χ2v) is 3.48. The zero-order valence-electron chi connectivity index (χ0n) is 5.47. The van der Waals surface area contributed by atoms with E-state index < -0.39 is 0 Å². The third-order valence-corrected chi connectivity index (χ3v) is 2.55. The molecule has 1 unspecified atom stereocenters. The van der Waals surface area contributed by atoms with Gasteiger partial charge in [0.05, 0.1) is 0 Å². The maximum atomic E-state index is 10.8. The minimum atomic E-state index is -0.389. The monoisotopic (exact) mass is 143 g/mol. The maximum absolute atomic E-state index is 10.8. The number of hydrogen-bond acceptors (Lipinski definition) is 3. The number of ketones is 1. The van der Waals surface area contributed by atoms with Gasteiger partial charge >= 0.3 is 0 Å². The number of rotatable bonds is 1. The van der Waals surface area contributed by atoms with Crippen LogP contribution >= 0.6 is 11.8 Å². The largest absolute Gasteiger partial charge is 0.370 e. The predicted octanol–water partition coefficient (Wildman–Crippen LogP) is 1.10. The van der Waals surface area contributed by atoms with Crippen molar-refractivity contribution in [3.8, 4) is 0 Å². The zero-order chi connectivity index (χ0) is 6.91. The van der Waals surface area contributed by atoms with Gasteiger partial charge in [-0.3, -0.25) is 4.79 Å². The number of nitrogens with one attached hydrogen (secondary N) is 1. The molecule has 0 aliphatic carbocycles. The van der Waals surface area contributed by atoms with Gasteiger partial charge in [-0.05, 0) is 19.3 Å². The highest BCUT2D eigenvalue weighted by Gasteiger charge is 2.30. The molecule has 0 fully saturated rings. The van der Waals surface area contributed by atoms with E-state index in [0.717, 1.165) is 0 Å². The summed E-state index contributed by atoms with van der Waals surface area (Å²) in [6.45, 7) is 3.47. The molecule has 9 heavy (non-hydrogen) atoms. The Bertz CT molecular complexity index is 156. The first-order chi connectivity index (χ1) is 4.15. The summed E-state index contributed by atoms with van der Waals surface area (Å²) in [6.07, 6.45) is 1.80. The average molecular weight is 143 g/mol. The summed E-state index contributed by atoms with van der Waals surface area (Å²) in [5.41, 5.74) is 0. The van der Waals surface area contributed by atoms with Crippen molar-refractivity contribution in [2.45, 2.75) is 18.7 Å². The van der Waals surface area contributed by atoms with Crippen LogP contribution in [0.25, 0.3) is 0 Å². The fourth-order valence-corrected chi connectivity index (χ4v) is 1.29. The van der Waals surface area contributed by atoms with Crippen LogP contribution in [0.15, 0.2) is 11.6 Å². The SMILES string of the molecule is CC(=O)C1(C)NC=CS1. The molecule has 1 atom stereocenters. The number of thioether (sulfide) groups is 1. The van der Waals surface area contributed by atoms with Gasteiger partial charge in [-0.25, -0.2) is 0 Å². The minimum absolute atomic E-state index is 0.164. The van der Waals surface area contributed by atoms with Crippen molar-refractivity contribution in [1.82, 2.24) is 5.32 Å². The molecule has 0 bridgehead atoms. The van der Waals surface area contributed by atoms with Crippen LogP contribution in [0.2, 0.25) is 0 Å². The van der Waals surface area contributed by atoms with E-state index in [2.05, 4.69) is 5.32 Å². The molecule has 1 rings (SSSR count). The Labute approximate surface area is 58.7 Å². The van der Waals surface area contributed by atoms with E-state index in [1.54, 1.807) is 13.1 Å². The van der Waals surface area contributed by atoms with E-state index >= 15 is 0 Å². The summed E-state index contributed by atoms with van der Waals surface area (Å²) < 4.78 is 0. The number of Topliss-reactive ketones (excluding diaryl/α,β-unsaturated/α-hetero) is 1. The molecule has 0 radical (unpaired) electrons. The minimum Gasteiger partial charge on any atom is -0.370 e. The van der Waals surface area contributed by atoms with Gasteiger partial charge in [0.25, 0.3) is 0 Å². The number of carbonyl (C=O) groups is 1. The van der Waals surface area contributed by atoms with Crippen molar-refractivity contribution in [2.75, 3.05) is 0 Å². The maximum Gasteiger partial charge on any atom is 0.165 e. The Morgan fingerprint density at radius 2 is 2.44 bits per heavy atom. The van der Waals surface area contributed by atoms with Crippen LogP contribution in [-0.4, -0.2) is 10.7 Å². The Balaban J connectivity index is 2.66. The second-order valence-electron chi connectivity index (χ2n) is 2.15. The summed E-state index contributed by atoms with van der Waals surface area (Å²) in [5, 5.41) is 4.86. The van der Waals surface area contributed by atoms with Crippen LogP contribution < -0.4 is 5.32 Å². The Hall–Kier alpha value is -0.440. The van der Waals surface area contributed by atoms with Crippen LogP contribution in [0.1, 0.15) is 13.8 Å². The lowest BCUT2D eigenvalue weighted by Crippen LogP contribution is -2.39. The van der Waals surface area contributed by atoms with Gasteiger partial charge in [0.2, 0.25) is 0 Å². The lowest BCUT2D eigenvalue weighted by atomic mass is 10.2. The summed E-state index contributed by atoms with van der Waals surface area (Å²) in [4.78, 5) is 10.5. The molecule has 1 aliphatic heterocycles. The van der Waals surface area contributed by atoms with Crippen molar-refractivity contribution in [3.63, 3.8) is 0 Å². The standard InChI is InChI=1S/C6H9NOS/c1-5(8)6(2)7-3-4-9-6/h3-4,7H,1-2H3. The van der Waals surface area contributed by atoms with E-state index in [1.807, 2.05) is 12.3 Å². The number of hydrogen-bond donors (Lipinski definition) is 1. The molecule has 0 aromatic carbocycles. The van der Waals surface area contributed by atoms with Gasteiger partial charge in [0.15, 0.2) is 5.78 Å². The summed E-state index contributed by atoms with van der Waals surface area (Å²) in [5.74, 6) is 0.164. The molecule has 0 spiro atoms. The highest BCUT2D eigenvalue weighted by molar-refractivity contribution is 8.04. The third kappa shape index (κ3) is 1.10. The Morgan fingerprint density at radius 1 is 1.78 bits per heavy atom. The molecule has 50 valence electrons. The molecular formula is C6H9NOS. The Kier molecular flexibility index (Phi) is 1.53. The molecule has 0 amide bonds. The molecule has 0 saturated heterocycles. The summed E-state index contributed by atoms with van der Waals surface area (Å²) >= 11 is 1.51. The van der Waals surface area contributed by atoms with E-state index in [4.69, 9.17) is 0 Å². The molecule has 0 saturated carbocycles.